The minimum absolute atomic E-state index is 0.137. The highest BCUT2D eigenvalue weighted by Crippen LogP contribution is 2.18. The number of pyridine rings is 1. The molecule has 9 nitrogen and oxygen atoms in total. The summed E-state index contributed by atoms with van der Waals surface area (Å²) in [7, 11) is 0. The minimum Gasteiger partial charge on any atom is -0.508 e. The van der Waals surface area contributed by atoms with Crippen LogP contribution < -0.4 is 16.4 Å². The van der Waals surface area contributed by atoms with Crippen LogP contribution in [0.25, 0.3) is 11.3 Å². The Hall–Kier alpha value is -3.72. The van der Waals surface area contributed by atoms with Crippen LogP contribution in [-0.4, -0.2) is 44.3 Å². The third-order valence-corrected chi connectivity index (χ3v) is 5.43. The molecule has 3 aromatic rings. The van der Waals surface area contributed by atoms with E-state index < -0.39 is 11.9 Å². The third kappa shape index (κ3) is 7.41. The summed E-state index contributed by atoms with van der Waals surface area (Å²) in [5.41, 5.74) is 9.14. The number of nitrogens with two attached hydrogens (primary N) is 1. The molecule has 0 aliphatic rings. The summed E-state index contributed by atoms with van der Waals surface area (Å²) >= 11 is 0. The molecule has 0 unspecified atom stereocenters. The smallest absolute Gasteiger partial charge is 0.240 e. The Morgan fingerprint density at radius 1 is 1.21 bits per heavy atom. The van der Waals surface area contributed by atoms with Crippen LogP contribution in [-0.2, 0) is 29.1 Å². The summed E-state index contributed by atoms with van der Waals surface area (Å²) in [5.74, 6) is -0.721. The van der Waals surface area contributed by atoms with Gasteiger partial charge in [-0.3, -0.25) is 19.3 Å². The number of hydrogen-bond acceptors (Lipinski definition) is 6. The van der Waals surface area contributed by atoms with Gasteiger partial charge < -0.3 is 21.5 Å². The van der Waals surface area contributed by atoms with Crippen molar-refractivity contribution in [2.45, 2.75) is 51.7 Å². The molecule has 2 amide bonds. The molecule has 0 aliphatic carbocycles. The van der Waals surface area contributed by atoms with Crippen LogP contribution in [0.15, 0.2) is 54.9 Å². The summed E-state index contributed by atoms with van der Waals surface area (Å²) in [6, 6.07) is 11.6. The van der Waals surface area contributed by atoms with Crippen LogP contribution >= 0.6 is 0 Å². The molecule has 0 saturated carbocycles. The molecule has 0 saturated heterocycles. The predicted molar refractivity (Wildman–Crippen MR) is 130 cm³/mol. The van der Waals surface area contributed by atoms with Gasteiger partial charge in [-0.15, -0.1) is 0 Å². The summed E-state index contributed by atoms with van der Waals surface area (Å²) in [5, 5.41) is 20.1. The van der Waals surface area contributed by atoms with E-state index in [1.54, 1.807) is 24.5 Å². The normalized spacial score (nSPS) is 11.8. The Balaban J connectivity index is 1.51. The molecule has 2 aromatic heterocycles. The molecule has 180 valence electrons. The number of nitrogens with zero attached hydrogens (tertiary/aromatic N) is 3. The molecule has 0 bridgehead atoms. The van der Waals surface area contributed by atoms with E-state index >= 15 is 0 Å². The quantitative estimate of drug-likeness (QED) is 0.286. The Kier molecular flexibility index (Phi) is 9.16. The van der Waals surface area contributed by atoms with Gasteiger partial charge in [0.2, 0.25) is 11.8 Å². The molecule has 5 N–H and O–H groups in total. The van der Waals surface area contributed by atoms with Crippen LogP contribution in [0.3, 0.4) is 0 Å². The van der Waals surface area contributed by atoms with Crippen LogP contribution in [0.4, 0.5) is 0 Å². The second kappa shape index (κ2) is 12.5. The van der Waals surface area contributed by atoms with Gasteiger partial charge in [0.15, 0.2) is 0 Å². The van der Waals surface area contributed by atoms with Gasteiger partial charge in [0, 0.05) is 50.4 Å². The van der Waals surface area contributed by atoms with E-state index in [-0.39, 0.29) is 24.5 Å². The third-order valence-electron chi connectivity index (χ3n) is 5.43. The first kappa shape index (κ1) is 24.9. The number of primary amides is 1. The van der Waals surface area contributed by atoms with E-state index in [1.165, 1.54) is 12.1 Å². The fraction of sp³-hybridized carbons (Fsp3) is 0.360. The van der Waals surface area contributed by atoms with Gasteiger partial charge in [0.1, 0.15) is 11.8 Å². The van der Waals surface area contributed by atoms with Crippen molar-refractivity contribution in [2.75, 3.05) is 6.54 Å². The average Bonchev–Trinajstić information content (AvgIpc) is 3.25. The lowest BCUT2D eigenvalue weighted by Gasteiger charge is -2.16. The van der Waals surface area contributed by atoms with E-state index in [0.29, 0.717) is 13.1 Å². The largest absolute Gasteiger partial charge is 0.508 e. The summed E-state index contributed by atoms with van der Waals surface area (Å²) < 4.78 is 2.00. The number of phenols is 1. The van der Waals surface area contributed by atoms with Crippen molar-refractivity contribution in [3.05, 3.63) is 66.1 Å². The number of rotatable bonds is 13. The fourth-order valence-corrected chi connectivity index (χ4v) is 3.53. The van der Waals surface area contributed by atoms with Crippen molar-refractivity contribution in [3.8, 4) is 17.0 Å². The van der Waals surface area contributed by atoms with Crippen molar-refractivity contribution < 1.29 is 14.7 Å². The number of benzene rings is 1. The lowest BCUT2D eigenvalue weighted by atomic mass is 10.1. The maximum atomic E-state index is 12.4. The maximum absolute atomic E-state index is 12.4. The standard InChI is InChI=1S/C25H32N6O3/c1-2-3-13-31-20(15-22(30-31)19-5-4-11-27-16-19)17-28-12-10-24(33)29-23(25(26)34)14-18-6-8-21(32)9-7-18/h4-9,11,15-16,23,28,32H,2-3,10,12-14,17H2,1H3,(H2,26,34)(H,29,33)/t23-/m0/s1. The number of unbranched alkanes of at least 4 members (excludes halogenated alkanes) is 1. The van der Waals surface area contributed by atoms with Crippen molar-refractivity contribution in [1.29, 1.82) is 0 Å². The number of nitrogens with one attached hydrogen (secondary N) is 2. The molecule has 1 atom stereocenters. The molecule has 1 aromatic carbocycles. The molecular formula is C25H32N6O3. The van der Waals surface area contributed by atoms with Gasteiger partial charge in [-0.25, -0.2) is 0 Å². The highest BCUT2D eigenvalue weighted by molar-refractivity contribution is 5.86. The molecular weight excluding hydrogens is 432 g/mol. The van der Waals surface area contributed by atoms with Crippen LogP contribution in [0.5, 0.6) is 5.75 Å². The topological polar surface area (TPSA) is 135 Å². The second-order valence-corrected chi connectivity index (χ2v) is 8.16. The number of amides is 2. The summed E-state index contributed by atoms with van der Waals surface area (Å²) in [6.07, 6.45) is 6.10. The van der Waals surface area contributed by atoms with Gasteiger partial charge in [-0.1, -0.05) is 25.5 Å². The number of carbonyl (C=O) groups is 2. The molecule has 0 radical (unpaired) electrons. The van der Waals surface area contributed by atoms with Crippen molar-refractivity contribution in [1.82, 2.24) is 25.4 Å². The van der Waals surface area contributed by atoms with E-state index in [4.69, 9.17) is 10.8 Å². The second-order valence-electron chi connectivity index (χ2n) is 8.16. The van der Waals surface area contributed by atoms with Crippen molar-refractivity contribution in [2.24, 2.45) is 5.73 Å². The van der Waals surface area contributed by atoms with Crippen LogP contribution in [0.2, 0.25) is 0 Å². The van der Waals surface area contributed by atoms with E-state index in [9.17, 15) is 14.7 Å². The Morgan fingerprint density at radius 2 is 2.00 bits per heavy atom. The van der Waals surface area contributed by atoms with Gasteiger partial charge in [-0.2, -0.15) is 5.10 Å². The van der Waals surface area contributed by atoms with Crippen molar-refractivity contribution in [3.63, 3.8) is 0 Å². The lowest BCUT2D eigenvalue weighted by Crippen LogP contribution is -2.46. The molecule has 34 heavy (non-hydrogen) atoms. The zero-order chi connectivity index (χ0) is 24.3. The minimum atomic E-state index is -0.811. The van der Waals surface area contributed by atoms with E-state index in [1.807, 2.05) is 22.9 Å². The van der Waals surface area contributed by atoms with Gasteiger partial charge >= 0.3 is 0 Å². The molecule has 0 fully saturated rings. The molecule has 0 aliphatic heterocycles. The number of aromatic hydroxyl groups is 1. The Labute approximate surface area is 199 Å². The first-order valence-electron chi connectivity index (χ1n) is 11.5. The van der Waals surface area contributed by atoms with Crippen LogP contribution in [0, 0.1) is 0 Å². The summed E-state index contributed by atoms with van der Waals surface area (Å²) in [6.45, 7) is 3.98. The number of aromatic nitrogens is 3. The number of aryl methyl sites for hydroxylation is 1. The number of phenolic OH excluding ortho intramolecular Hbond substituents is 1. The number of carbonyl (C=O) groups excluding carboxylic acids is 2. The first-order valence-corrected chi connectivity index (χ1v) is 11.5. The van der Waals surface area contributed by atoms with E-state index in [0.717, 1.165) is 41.9 Å². The molecule has 9 heteroatoms. The zero-order valence-electron chi connectivity index (χ0n) is 19.4. The Morgan fingerprint density at radius 3 is 2.68 bits per heavy atom. The summed E-state index contributed by atoms with van der Waals surface area (Å²) in [4.78, 5) is 28.3. The molecule has 2 heterocycles. The average molecular weight is 465 g/mol. The first-order chi connectivity index (χ1) is 16.5. The Bertz CT molecular complexity index is 1070. The van der Waals surface area contributed by atoms with E-state index in [2.05, 4.69) is 22.5 Å². The maximum Gasteiger partial charge on any atom is 0.240 e. The highest BCUT2D eigenvalue weighted by atomic mass is 16.3. The SMILES string of the molecule is CCCCn1nc(-c2cccnc2)cc1CNCCC(=O)N[C@@H](Cc1ccc(O)cc1)C(N)=O. The van der Waals surface area contributed by atoms with Gasteiger partial charge in [0.25, 0.3) is 0 Å². The zero-order valence-corrected chi connectivity index (χ0v) is 19.4. The monoisotopic (exact) mass is 464 g/mol. The highest BCUT2D eigenvalue weighted by Gasteiger charge is 2.18. The van der Waals surface area contributed by atoms with Crippen LogP contribution in [0.1, 0.15) is 37.4 Å². The predicted octanol–water partition coefficient (Wildman–Crippen LogP) is 2.14. The van der Waals surface area contributed by atoms with Crippen molar-refractivity contribution >= 4 is 11.8 Å². The number of hydrogen-bond donors (Lipinski definition) is 4. The van der Waals surface area contributed by atoms with Gasteiger partial charge in [-0.05, 0) is 42.3 Å². The lowest BCUT2D eigenvalue weighted by molar-refractivity contribution is -0.127. The fourth-order valence-electron chi connectivity index (χ4n) is 3.53. The molecule has 3 rings (SSSR count). The molecule has 0 spiro atoms. The van der Waals surface area contributed by atoms with Gasteiger partial charge in [0.05, 0.1) is 11.4 Å².